The quantitative estimate of drug-likeness (QED) is 0.665. The number of hydrogen-bond acceptors (Lipinski definition) is 3. The van der Waals surface area contributed by atoms with Crippen molar-refractivity contribution in [2.24, 2.45) is 0 Å². The highest BCUT2D eigenvalue weighted by atomic mass is 16.5. The third-order valence-electron chi connectivity index (χ3n) is 5.37. The van der Waals surface area contributed by atoms with E-state index >= 15 is 0 Å². The third kappa shape index (κ3) is 4.30. The van der Waals surface area contributed by atoms with Gasteiger partial charge in [0.2, 0.25) is 0 Å². The third-order valence-corrected chi connectivity index (χ3v) is 5.37. The topological polar surface area (TPSA) is 20.6 Å². The monoisotopic (exact) mass is 355 g/mol. The minimum atomic E-state index is 0.485. The van der Waals surface area contributed by atoms with E-state index in [9.17, 15) is 0 Å². The van der Waals surface area contributed by atoms with Crippen molar-refractivity contribution in [3.63, 3.8) is 0 Å². The van der Waals surface area contributed by atoms with Crippen LogP contribution in [0.4, 0.5) is 0 Å². The molecule has 1 atom stereocenters. The van der Waals surface area contributed by atoms with E-state index in [1.807, 2.05) is 0 Å². The molecule has 2 aromatic rings. The van der Waals surface area contributed by atoms with Crippen molar-refractivity contribution in [2.75, 3.05) is 33.8 Å². The second-order valence-electron chi connectivity index (χ2n) is 7.56. The van der Waals surface area contributed by atoms with E-state index in [2.05, 4.69) is 78.7 Å². The number of fused-ring (bicyclic) bond motifs is 1. The molecule has 0 aliphatic carbocycles. The van der Waals surface area contributed by atoms with Crippen LogP contribution >= 0.6 is 0 Å². The SMILES string of the molecule is CC[C@H]1c2ccc(C)n2CCN1Cc1ccccc1OCCCN(C)C. The molecule has 0 bridgehead atoms. The molecule has 0 N–H and O–H groups in total. The fraction of sp³-hybridized carbons (Fsp3) is 0.545. The molecule has 2 heterocycles. The van der Waals surface area contributed by atoms with Gasteiger partial charge in [-0.1, -0.05) is 25.1 Å². The maximum Gasteiger partial charge on any atom is 0.123 e. The number of aromatic nitrogens is 1. The minimum absolute atomic E-state index is 0.485. The van der Waals surface area contributed by atoms with E-state index in [0.29, 0.717) is 6.04 Å². The van der Waals surface area contributed by atoms with Crippen molar-refractivity contribution < 1.29 is 4.74 Å². The van der Waals surface area contributed by atoms with Gasteiger partial charge in [-0.15, -0.1) is 0 Å². The number of rotatable bonds is 8. The first kappa shape index (κ1) is 19.0. The molecule has 0 saturated heterocycles. The van der Waals surface area contributed by atoms with Crippen molar-refractivity contribution in [3.8, 4) is 5.75 Å². The van der Waals surface area contributed by atoms with Crippen molar-refractivity contribution >= 4 is 0 Å². The van der Waals surface area contributed by atoms with E-state index in [4.69, 9.17) is 4.74 Å². The number of hydrogen-bond donors (Lipinski definition) is 0. The van der Waals surface area contributed by atoms with E-state index in [1.54, 1.807) is 0 Å². The molecule has 0 saturated carbocycles. The van der Waals surface area contributed by atoms with Gasteiger partial charge in [-0.05, 0) is 52.1 Å². The molecular weight excluding hydrogens is 322 g/mol. The molecule has 1 aliphatic heterocycles. The van der Waals surface area contributed by atoms with Crippen LogP contribution in [0.5, 0.6) is 5.75 Å². The van der Waals surface area contributed by atoms with Gasteiger partial charge in [0.25, 0.3) is 0 Å². The summed E-state index contributed by atoms with van der Waals surface area (Å²) in [4.78, 5) is 4.81. The molecule has 142 valence electrons. The predicted molar refractivity (Wildman–Crippen MR) is 108 cm³/mol. The molecular formula is C22H33N3O. The Hall–Kier alpha value is -1.78. The number of benzene rings is 1. The van der Waals surface area contributed by atoms with Crippen LogP contribution < -0.4 is 4.74 Å². The zero-order chi connectivity index (χ0) is 18.5. The molecule has 0 amide bonds. The van der Waals surface area contributed by atoms with Gasteiger partial charge in [-0.2, -0.15) is 0 Å². The highest BCUT2D eigenvalue weighted by Gasteiger charge is 2.27. The number of ether oxygens (including phenoxy) is 1. The maximum absolute atomic E-state index is 6.11. The van der Waals surface area contributed by atoms with E-state index in [1.165, 1.54) is 17.0 Å². The molecule has 0 radical (unpaired) electrons. The lowest BCUT2D eigenvalue weighted by atomic mass is 10.0. The Labute approximate surface area is 158 Å². The largest absolute Gasteiger partial charge is 0.493 e. The van der Waals surface area contributed by atoms with Gasteiger partial charge in [0, 0.05) is 43.1 Å². The summed E-state index contributed by atoms with van der Waals surface area (Å²) in [6, 6.07) is 13.6. The smallest absolute Gasteiger partial charge is 0.123 e. The summed E-state index contributed by atoms with van der Waals surface area (Å²) >= 11 is 0. The summed E-state index contributed by atoms with van der Waals surface area (Å²) in [6.07, 6.45) is 2.19. The zero-order valence-electron chi connectivity index (χ0n) is 16.7. The van der Waals surface area contributed by atoms with Gasteiger partial charge in [0.1, 0.15) is 5.75 Å². The highest BCUT2D eigenvalue weighted by Crippen LogP contribution is 2.32. The Morgan fingerprint density at radius 3 is 2.69 bits per heavy atom. The second-order valence-corrected chi connectivity index (χ2v) is 7.56. The Balaban J connectivity index is 1.69. The van der Waals surface area contributed by atoms with Crippen LogP contribution in [0.2, 0.25) is 0 Å². The summed E-state index contributed by atoms with van der Waals surface area (Å²) in [5.74, 6) is 1.04. The maximum atomic E-state index is 6.11. The lowest BCUT2D eigenvalue weighted by Crippen LogP contribution is -2.37. The molecule has 1 aliphatic rings. The van der Waals surface area contributed by atoms with Crippen LogP contribution in [0.15, 0.2) is 36.4 Å². The molecule has 4 nitrogen and oxygen atoms in total. The average Bonchev–Trinajstić information content (AvgIpc) is 3.01. The Kier molecular flexibility index (Phi) is 6.38. The van der Waals surface area contributed by atoms with Crippen LogP contribution in [0.3, 0.4) is 0 Å². The zero-order valence-corrected chi connectivity index (χ0v) is 16.7. The number of nitrogens with zero attached hydrogens (tertiary/aromatic N) is 3. The number of para-hydroxylation sites is 1. The van der Waals surface area contributed by atoms with Crippen molar-refractivity contribution in [1.29, 1.82) is 0 Å². The van der Waals surface area contributed by atoms with Gasteiger partial charge >= 0.3 is 0 Å². The summed E-state index contributed by atoms with van der Waals surface area (Å²) in [6.45, 7) is 9.46. The van der Waals surface area contributed by atoms with Crippen LogP contribution in [-0.2, 0) is 13.1 Å². The molecule has 0 unspecified atom stereocenters. The Morgan fingerprint density at radius 1 is 1.12 bits per heavy atom. The Morgan fingerprint density at radius 2 is 1.92 bits per heavy atom. The van der Waals surface area contributed by atoms with Crippen molar-refractivity contribution in [2.45, 2.75) is 45.8 Å². The molecule has 4 heteroatoms. The van der Waals surface area contributed by atoms with Crippen molar-refractivity contribution in [1.82, 2.24) is 14.4 Å². The predicted octanol–water partition coefficient (Wildman–Crippen LogP) is 4.09. The summed E-state index contributed by atoms with van der Waals surface area (Å²) in [5.41, 5.74) is 4.14. The second kappa shape index (κ2) is 8.74. The highest BCUT2D eigenvalue weighted by molar-refractivity contribution is 5.33. The first-order valence-electron chi connectivity index (χ1n) is 9.85. The molecule has 26 heavy (non-hydrogen) atoms. The number of aryl methyl sites for hydroxylation is 1. The van der Waals surface area contributed by atoms with Gasteiger partial charge in [-0.25, -0.2) is 0 Å². The minimum Gasteiger partial charge on any atom is -0.493 e. The fourth-order valence-corrected chi connectivity index (χ4v) is 3.97. The molecule has 1 aromatic heterocycles. The average molecular weight is 356 g/mol. The standard InChI is InChI=1S/C22H33N3O/c1-5-20-21-12-11-18(2)25(21)15-14-24(20)17-19-9-6-7-10-22(19)26-16-8-13-23(3)4/h6-7,9-12,20H,5,8,13-17H2,1-4H3/t20-/m0/s1. The lowest BCUT2D eigenvalue weighted by molar-refractivity contribution is 0.141. The summed E-state index contributed by atoms with van der Waals surface area (Å²) in [5, 5.41) is 0. The van der Waals surface area contributed by atoms with Gasteiger partial charge < -0.3 is 14.2 Å². The van der Waals surface area contributed by atoms with Gasteiger partial charge in [-0.3, -0.25) is 4.90 Å². The first-order valence-corrected chi connectivity index (χ1v) is 9.85. The van der Waals surface area contributed by atoms with Crippen LogP contribution in [0.1, 0.15) is 42.8 Å². The van der Waals surface area contributed by atoms with Crippen LogP contribution in [0.25, 0.3) is 0 Å². The lowest BCUT2D eigenvalue weighted by Gasteiger charge is -2.37. The van der Waals surface area contributed by atoms with Crippen LogP contribution in [0, 0.1) is 6.92 Å². The van der Waals surface area contributed by atoms with E-state index < -0.39 is 0 Å². The summed E-state index contributed by atoms with van der Waals surface area (Å²) < 4.78 is 8.59. The molecule has 0 spiro atoms. The van der Waals surface area contributed by atoms with Gasteiger partial charge in [0.15, 0.2) is 0 Å². The molecule has 0 fully saturated rings. The Bertz CT molecular complexity index is 707. The van der Waals surface area contributed by atoms with Crippen molar-refractivity contribution in [3.05, 3.63) is 53.3 Å². The first-order chi connectivity index (χ1) is 12.6. The fourth-order valence-electron chi connectivity index (χ4n) is 3.97. The molecule has 1 aromatic carbocycles. The summed E-state index contributed by atoms with van der Waals surface area (Å²) in [7, 11) is 4.21. The van der Waals surface area contributed by atoms with E-state index in [-0.39, 0.29) is 0 Å². The molecule has 3 rings (SSSR count). The van der Waals surface area contributed by atoms with Crippen LogP contribution in [-0.4, -0.2) is 48.2 Å². The van der Waals surface area contributed by atoms with Gasteiger partial charge in [0.05, 0.1) is 12.6 Å². The van der Waals surface area contributed by atoms with E-state index in [0.717, 1.165) is 51.4 Å². The normalized spacial score (nSPS) is 17.5.